The van der Waals surface area contributed by atoms with Crippen molar-refractivity contribution in [2.75, 3.05) is 18.0 Å². The molecule has 3 nitrogen and oxygen atoms in total. The van der Waals surface area contributed by atoms with Gasteiger partial charge in [0.2, 0.25) is 5.91 Å². The molecule has 1 fully saturated rings. The highest BCUT2D eigenvalue weighted by atomic mass is 35.5. The summed E-state index contributed by atoms with van der Waals surface area (Å²) in [5.74, 6) is 0.118. The summed E-state index contributed by atoms with van der Waals surface area (Å²) < 4.78 is 0. The van der Waals surface area contributed by atoms with E-state index in [0.717, 1.165) is 35.5 Å². The Morgan fingerprint density at radius 3 is 2.80 bits per heavy atom. The molecule has 2 aromatic rings. The summed E-state index contributed by atoms with van der Waals surface area (Å²) in [5, 5.41) is 3.89. The van der Waals surface area contributed by atoms with Gasteiger partial charge in [-0.05, 0) is 55.5 Å². The molecule has 0 bridgehead atoms. The number of carbonyl (C=O) groups is 1. The minimum Gasteiger partial charge on any atom is -0.367 e. The average Bonchev–Trinajstić information content (AvgIpc) is 3.10. The van der Waals surface area contributed by atoms with Crippen LogP contribution in [0.3, 0.4) is 0 Å². The van der Waals surface area contributed by atoms with Gasteiger partial charge in [-0.2, -0.15) is 0 Å². The quantitative estimate of drug-likeness (QED) is 0.833. The van der Waals surface area contributed by atoms with E-state index in [-0.39, 0.29) is 5.91 Å². The minimum atomic E-state index is 0.118. The summed E-state index contributed by atoms with van der Waals surface area (Å²) in [5.41, 5.74) is 3.46. The monoisotopic (exact) mass is 356 g/mol. The molecule has 1 aliphatic rings. The van der Waals surface area contributed by atoms with Crippen molar-refractivity contribution in [2.45, 2.75) is 38.6 Å². The number of rotatable bonds is 6. The molecule has 1 aliphatic heterocycles. The van der Waals surface area contributed by atoms with Gasteiger partial charge in [0.15, 0.2) is 0 Å². The van der Waals surface area contributed by atoms with Gasteiger partial charge in [0, 0.05) is 36.3 Å². The fraction of sp³-hybridized carbons (Fsp3) is 0.381. The molecule has 0 aliphatic carbocycles. The molecule has 0 radical (unpaired) electrons. The summed E-state index contributed by atoms with van der Waals surface area (Å²) in [7, 11) is 0. The number of hydrogen-bond acceptors (Lipinski definition) is 2. The summed E-state index contributed by atoms with van der Waals surface area (Å²) in [4.78, 5) is 14.6. The van der Waals surface area contributed by atoms with Crippen molar-refractivity contribution in [1.29, 1.82) is 0 Å². The topological polar surface area (TPSA) is 32.3 Å². The van der Waals surface area contributed by atoms with Gasteiger partial charge in [0.05, 0.1) is 0 Å². The Morgan fingerprint density at radius 1 is 1.24 bits per heavy atom. The molecule has 4 heteroatoms. The highest BCUT2D eigenvalue weighted by Crippen LogP contribution is 2.24. The molecule has 1 unspecified atom stereocenters. The second-order valence-electron chi connectivity index (χ2n) is 6.71. The number of para-hydroxylation sites is 1. The molecule has 3 rings (SSSR count). The Labute approximate surface area is 155 Å². The van der Waals surface area contributed by atoms with E-state index in [1.807, 2.05) is 25.1 Å². The molecular weight excluding hydrogens is 332 g/mol. The predicted octanol–water partition coefficient (Wildman–Crippen LogP) is 4.37. The smallest absolute Gasteiger partial charge is 0.220 e. The number of amides is 1. The summed E-state index contributed by atoms with van der Waals surface area (Å²) in [6.45, 7) is 3.77. The van der Waals surface area contributed by atoms with Crippen LogP contribution in [0.25, 0.3) is 0 Å². The first kappa shape index (κ1) is 17.8. The molecule has 1 atom stereocenters. The molecular formula is C21H25ClN2O. The van der Waals surface area contributed by atoms with Crippen molar-refractivity contribution in [3.05, 3.63) is 64.7 Å². The van der Waals surface area contributed by atoms with Crippen molar-refractivity contribution >= 4 is 23.2 Å². The van der Waals surface area contributed by atoms with Crippen LogP contribution < -0.4 is 10.2 Å². The molecule has 1 saturated heterocycles. The van der Waals surface area contributed by atoms with Crippen molar-refractivity contribution < 1.29 is 4.79 Å². The zero-order chi connectivity index (χ0) is 17.6. The van der Waals surface area contributed by atoms with Crippen LogP contribution >= 0.6 is 11.6 Å². The Hall–Kier alpha value is -2.00. The minimum absolute atomic E-state index is 0.118. The standard InChI is InChI=1S/C21H25ClN2O/c1-16-14-17(9-11-20(16)22)10-12-21(25)23-15-19-8-5-13-24(19)18-6-3-2-4-7-18/h2-4,6-7,9,11,14,19H,5,8,10,12-13,15H2,1H3,(H,23,25). The number of carbonyl (C=O) groups excluding carboxylic acids is 1. The fourth-order valence-corrected chi connectivity index (χ4v) is 3.57. The van der Waals surface area contributed by atoms with Crippen LogP contribution in [0.4, 0.5) is 5.69 Å². The van der Waals surface area contributed by atoms with Gasteiger partial charge in [-0.15, -0.1) is 0 Å². The Kier molecular flexibility index (Phi) is 5.98. The maximum atomic E-state index is 12.2. The third-order valence-corrected chi connectivity index (χ3v) is 5.29. The number of benzene rings is 2. The number of hydrogen-bond donors (Lipinski definition) is 1. The number of nitrogens with one attached hydrogen (secondary N) is 1. The average molecular weight is 357 g/mol. The van der Waals surface area contributed by atoms with Crippen LogP contribution in [-0.4, -0.2) is 25.0 Å². The zero-order valence-corrected chi connectivity index (χ0v) is 15.4. The van der Waals surface area contributed by atoms with Gasteiger partial charge in [-0.25, -0.2) is 0 Å². The molecule has 0 saturated carbocycles. The van der Waals surface area contributed by atoms with Gasteiger partial charge in [-0.3, -0.25) is 4.79 Å². The SMILES string of the molecule is Cc1cc(CCC(=O)NCC2CCCN2c2ccccc2)ccc1Cl. The second-order valence-corrected chi connectivity index (χ2v) is 7.12. The maximum absolute atomic E-state index is 12.2. The molecule has 0 aromatic heterocycles. The summed E-state index contributed by atoms with van der Waals surface area (Å²) in [6.07, 6.45) is 3.57. The van der Waals surface area contributed by atoms with E-state index in [2.05, 4.69) is 40.5 Å². The third-order valence-electron chi connectivity index (χ3n) is 4.86. The van der Waals surface area contributed by atoms with E-state index in [1.54, 1.807) is 0 Å². The number of nitrogens with zero attached hydrogens (tertiary/aromatic N) is 1. The maximum Gasteiger partial charge on any atom is 0.220 e. The molecule has 25 heavy (non-hydrogen) atoms. The van der Waals surface area contributed by atoms with Crippen LogP contribution in [-0.2, 0) is 11.2 Å². The molecule has 0 spiro atoms. The lowest BCUT2D eigenvalue weighted by Crippen LogP contribution is -2.40. The summed E-state index contributed by atoms with van der Waals surface area (Å²) in [6, 6.07) is 16.8. The van der Waals surface area contributed by atoms with E-state index in [1.165, 1.54) is 12.1 Å². The van der Waals surface area contributed by atoms with Gasteiger partial charge in [-0.1, -0.05) is 41.9 Å². The van der Waals surface area contributed by atoms with Crippen LogP contribution in [0.5, 0.6) is 0 Å². The van der Waals surface area contributed by atoms with Crippen molar-refractivity contribution in [1.82, 2.24) is 5.32 Å². The number of halogens is 1. The lowest BCUT2D eigenvalue weighted by atomic mass is 10.1. The Bertz CT molecular complexity index is 717. The lowest BCUT2D eigenvalue weighted by Gasteiger charge is -2.27. The van der Waals surface area contributed by atoms with Crippen LogP contribution in [0.2, 0.25) is 5.02 Å². The largest absolute Gasteiger partial charge is 0.367 e. The van der Waals surface area contributed by atoms with Crippen LogP contribution in [0.1, 0.15) is 30.4 Å². The Balaban J connectivity index is 1.47. The third kappa shape index (κ3) is 4.76. The first-order valence-corrected chi connectivity index (χ1v) is 9.34. The molecule has 1 N–H and O–H groups in total. The van der Waals surface area contributed by atoms with E-state index in [0.29, 0.717) is 19.0 Å². The van der Waals surface area contributed by atoms with Crippen LogP contribution in [0, 0.1) is 6.92 Å². The van der Waals surface area contributed by atoms with Crippen molar-refractivity contribution in [3.8, 4) is 0 Å². The predicted molar refractivity (Wildman–Crippen MR) is 104 cm³/mol. The lowest BCUT2D eigenvalue weighted by molar-refractivity contribution is -0.121. The van der Waals surface area contributed by atoms with Crippen LogP contribution in [0.15, 0.2) is 48.5 Å². The zero-order valence-electron chi connectivity index (χ0n) is 14.7. The first-order valence-electron chi connectivity index (χ1n) is 8.97. The van der Waals surface area contributed by atoms with Gasteiger partial charge >= 0.3 is 0 Å². The second kappa shape index (κ2) is 8.39. The number of anilines is 1. The van der Waals surface area contributed by atoms with E-state index >= 15 is 0 Å². The van der Waals surface area contributed by atoms with E-state index in [9.17, 15) is 4.79 Å². The fourth-order valence-electron chi connectivity index (χ4n) is 3.45. The molecule has 1 heterocycles. The van der Waals surface area contributed by atoms with E-state index < -0.39 is 0 Å². The highest BCUT2D eigenvalue weighted by Gasteiger charge is 2.24. The molecule has 132 valence electrons. The van der Waals surface area contributed by atoms with E-state index in [4.69, 9.17) is 11.6 Å². The number of aryl methyl sites for hydroxylation is 2. The van der Waals surface area contributed by atoms with Gasteiger partial charge in [0.25, 0.3) is 0 Å². The normalized spacial score (nSPS) is 16.9. The highest BCUT2D eigenvalue weighted by molar-refractivity contribution is 6.31. The first-order chi connectivity index (χ1) is 12.1. The summed E-state index contributed by atoms with van der Waals surface area (Å²) >= 11 is 6.05. The molecule has 1 amide bonds. The van der Waals surface area contributed by atoms with Crippen molar-refractivity contribution in [2.24, 2.45) is 0 Å². The van der Waals surface area contributed by atoms with Gasteiger partial charge in [0.1, 0.15) is 0 Å². The van der Waals surface area contributed by atoms with Crippen molar-refractivity contribution in [3.63, 3.8) is 0 Å². The Morgan fingerprint density at radius 2 is 2.04 bits per heavy atom. The molecule has 2 aromatic carbocycles. The van der Waals surface area contributed by atoms with Gasteiger partial charge < -0.3 is 10.2 Å².